The number of nitrogens with one attached hydrogen (secondary N) is 1. The Balaban J connectivity index is 1.46. The maximum Gasteiger partial charge on any atom is 0.224 e. The molecule has 0 saturated heterocycles. The van der Waals surface area contributed by atoms with Crippen LogP contribution in [-0.4, -0.2) is 24.5 Å². The van der Waals surface area contributed by atoms with Gasteiger partial charge in [0.05, 0.1) is 29.1 Å². The lowest BCUT2D eigenvalue weighted by molar-refractivity contribution is -0.120. The summed E-state index contributed by atoms with van der Waals surface area (Å²) < 4.78 is 5.12. The first-order valence-electron chi connectivity index (χ1n) is 8.05. The summed E-state index contributed by atoms with van der Waals surface area (Å²) in [6.45, 7) is 2.66. The highest BCUT2D eigenvalue weighted by Gasteiger charge is 2.07. The Bertz CT molecular complexity index is 837. The van der Waals surface area contributed by atoms with Crippen molar-refractivity contribution >= 4 is 28.6 Å². The molecule has 0 fully saturated rings. The van der Waals surface area contributed by atoms with Crippen molar-refractivity contribution in [3.05, 3.63) is 57.2 Å². The average Bonchev–Trinajstić information content (AvgIpc) is 3.24. The largest absolute Gasteiger partial charge is 0.497 e. The van der Waals surface area contributed by atoms with Crippen LogP contribution in [0.5, 0.6) is 5.75 Å². The molecule has 0 unspecified atom stereocenters. The first-order chi connectivity index (χ1) is 12.1. The van der Waals surface area contributed by atoms with Crippen LogP contribution in [0.25, 0.3) is 10.6 Å². The van der Waals surface area contributed by atoms with Gasteiger partial charge in [-0.2, -0.15) is 0 Å². The molecule has 0 aliphatic heterocycles. The monoisotopic (exact) mass is 372 g/mol. The fourth-order valence-electron chi connectivity index (χ4n) is 2.44. The molecular weight excluding hydrogens is 352 g/mol. The standard InChI is InChI=1S/C19H20N2O2S2/c1-13-21-17(12-24-13)18-8-7-16(25-18)9-10-20-19(22)11-14-3-5-15(23-2)6-4-14/h3-8,12H,9-11H2,1-2H3,(H,20,22). The smallest absolute Gasteiger partial charge is 0.224 e. The Morgan fingerprint density at radius 1 is 1.20 bits per heavy atom. The number of aromatic nitrogens is 1. The molecule has 0 bridgehead atoms. The van der Waals surface area contributed by atoms with Gasteiger partial charge in [-0.3, -0.25) is 4.79 Å². The molecule has 2 aromatic heterocycles. The molecule has 1 N–H and O–H groups in total. The zero-order valence-corrected chi connectivity index (χ0v) is 15.9. The zero-order chi connectivity index (χ0) is 17.6. The highest BCUT2D eigenvalue weighted by molar-refractivity contribution is 7.16. The van der Waals surface area contributed by atoms with Gasteiger partial charge in [0, 0.05) is 16.8 Å². The highest BCUT2D eigenvalue weighted by atomic mass is 32.1. The van der Waals surface area contributed by atoms with E-state index in [-0.39, 0.29) is 5.91 Å². The SMILES string of the molecule is COc1ccc(CC(=O)NCCc2ccc(-c3csc(C)n3)s2)cc1. The number of ether oxygens (including phenoxy) is 1. The third kappa shape index (κ3) is 4.90. The summed E-state index contributed by atoms with van der Waals surface area (Å²) in [5.41, 5.74) is 2.03. The number of thiophene rings is 1. The molecule has 6 heteroatoms. The molecule has 0 atom stereocenters. The van der Waals surface area contributed by atoms with Crippen molar-refractivity contribution in [3.63, 3.8) is 0 Å². The lowest BCUT2D eigenvalue weighted by Crippen LogP contribution is -2.27. The molecule has 0 saturated carbocycles. The van der Waals surface area contributed by atoms with Crippen molar-refractivity contribution in [2.24, 2.45) is 0 Å². The molecule has 3 rings (SSSR count). The van der Waals surface area contributed by atoms with Crippen LogP contribution in [0.2, 0.25) is 0 Å². The molecule has 0 spiro atoms. The Hall–Kier alpha value is -2.18. The number of methoxy groups -OCH3 is 1. The van der Waals surface area contributed by atoms with Gasteiger partial charge in [-0.05, 0) is 43.2 Å². The number of rotatable bonds is 7. The lowest BCUT2D eigenvalue weighted by atomic mass is 10.1. The Morgan fingerprint density at radius 2 is 2.00 bits per heavy atom. The van der Waals surface area contributed by atoms with Crippen LogP contribution < -0.4 is 10.1 Å². The number of nitrogens with zero attached hydrogens (tertiary/aromatic N) is 1. The van der Waals surface area contributed by atoms with Crippen LogP contribution in [0.4, 0.5) is 0 Å². The van der Waals surface area contributed by atoms with Crippen LogP contribution in [0.1, 0.15) is 15.4 Å². The first-order valence-corrected chi connectivity index (χ1v) is 9.74. The molecule has 1 aromatic carbocycles. The van der Waals surface area contributed by atoms with E-state index in [4.69, 9.17) is 4.74 Å². The minimum Gasteiger partial charge on any atom is -0.497 e. The number of hydrogen-bond donors (Lipinski definition) is 1. The van der Waals surface area contributed by atoms with Crippen LogP contribution in [0.15, 0.2) is 41.8 Å². The van der Waals surface area contributed by atoms with Crippen LogP contribution >= 0.6 is 22.7 Å². The lowest BCUT2D eigenvalue weighted by Gasteiger charge is -2.05. The van der Waals surface area contributed by atoms with Crippen molar-refractivity contribution in [1.29, 1.82) is 0 Å². The van der Waals surface area contributed by atoms with Gasteiger partial charge in [0.15, 0.2) is 0 Å². The van der Waals surface area contributed by atoms with Gasteiger partial charge in [-0.1, -0.05) is 12.1 Å². The van der Waals surface area contributed by atoms with Gasteiger partial charge >= 0.3 is 0 Å². The first kappa shape index (κ1) is 17.6. The number of carbonyl (C=O) groups excluding carboxylic acids is 1. The number of benzene rings is 1. The summed E-state index contributed by atoms with van der Waals surface area (Å²) in [6, 6.07) is 11.8. The molecule has 1 amide bonds. The fourth-order valence-corrected chi connectivity index (χ4v) is 4.10. The average molecular weight is 373 g/mol. The number of amides is 1. The van der Waals surface area contributed by atoms with Gasteiger partial charge in [-0.15, -0.1) is 22.7 Å². The molecule has 2 heterocycles. The van der Waals surface area contributed by atoms with Gasteiger partial charge in [0.2, 0.25) is 5.91 Å². The minimum absolute atomic E-state index is 0.0390. The number of thiazole rings is 1. The zero-order valence-electron chi connectivity index (χ0n) is 14.2. The summed E-state index contributed by atoms with van der Waals surface area (Å²) in [6.07, 6.45) is 1.22. The second-order valence-electron chi connectivity index (χ2n) is 5.64. The molecule has 4 nitrogen and oxygen atoms in total. The third-order valence-electron chi connectivity index (χ3n) is 3.75. The van der Waals surface area contributed by atoms with Crippen molar-refractivity contribution in [1.82, 2.24) is 10.3 Å². The Kier molecular flexibility index (Phi) is 5.83. The molecule has 130 valence electrons. The predicted octanol–water partition coefficient (Wildman–Crippen LogP) is 4.09. The van der Waals surface area contributed by atoms with Gasteiger partial charge in [-0.25, -0.2) is 4.98 Å². The van der Waals surface area contributed by atoms with E-state index in [1.807, 2.05) is 31.2 Å². The van der Waals surface area contributed by atoms with E-state index in [0.717, 1.165) is 28.4 Å². The predicted molar refractivity (Wildman–Crippen MR) is 104 cm³/mol. The highest BCUT2D eigenvalue weighted by Crippen LogP contribution is 2.29. The second kappa shape index (κ2) is 8.27. The summed E-state index contributed by atoms with van der Waals surface area (Å²) in [5, 5.41) is 6.15. The summed E-state index contributed by atoms with van der Waals surface area (Å²) in [4.78, 5) is 19.0. The summed E-state index contributed by atoms with van der Waals surface area (Å²) in [7, 11) is 1.63. The molecule has 0 radical (unpaired) electrons. The quantitative estimate of drug-likeness (QED) is 0.680. The van der Waals surface area contributed by atoms with E-state index in [0.29, 0.717) is 13.0 Å². The Labute approximate surface area is 155 Å². The van der Waals surface area contributed by atoms with Crippen molar-refractivity contribution in [3.8, 4) is 16.3 Å². The number of hydrogen-bond acceptors (Lipinski definition) is 5. The van der Waals surface area contributed by atoms with Crippen molar-refractivity contribution < 1.29 is 9.53 Å². The van der Waals surface area contributed by atoms with E-state index >= 15 is 0 Å². The van der Waals surface area contributed by atoms with Crippen LogP contribution in [0, 0.1) is 6.92 Å². The van der Waals surface area contributed by atoms with Gasteiger partial charge < -0.3 is 10.1 Å². The molecule has 3 aromatic rings. The Morgan fingerprint density at radius 3 is 2.68 bits per heavy atom. The number of aryl methyl sites for hydroxylation is 1. The minimum atomic E-state index is 0.0390. The molecule has 25 heavy (non-hydrogen) atoms. The summed E-state index contributed by atoms with van der Waals surface area (Å²) >= 11 is 3.40. The maximum atomic E-state index is 12.0. The van der Waals surface area contributed by atoms with Gasteiger partial charge in [0.25, 0.3) is 0 Å². The van der Waals surface area contributed by atoms with Crippen molar-refractivity contribution in [2.45, 2.75) is 19.8 Å². The van der Waals surface area contributed by atoms with E-state index in [9.17, 15) is 4.79 Å². The van der Waals surface area contributed by atoms with E-state index in [2.05, 4.69) is 27.8 Å². The molecule has 0 aliphatic carbocycles. The topological polar surface area (TPSA) is 51.2 Å². The van der Waals surface area contributed by atoms with E-state index in [1.165, 1.54) is 9.75 Å². The summed E-state index contributed by atoms with van der Waals surface area (Å²) in [5.74, 6) is 0.838. The maximum absolute atomic E-state index is 12.0. The van der Waals surface area contributed by atoms with Crippen LogP contribution in [0.3, 0.4) is 0 Å². The molecule has 0 aliphatic rings. The normalized spacial score (nSPS) is 10.6. The molecular formula is C19H20N2O2S2. The second-order valence-corrected chi connectivity index (χ2v) is 7.87. The van der Waals surface area contributed by atoms with Crippen LogP contribution in [-0.2, 0) is 17.6 Å². The van der Waals surface area contributed by atoms with Gasteiger partial charge in [0.1, 0.15) is 5.75 Å². The fraction of sp³-hybridized carbons (Fsp3) is 0.263. The third-order valence-corrected chi connectivity index (χ3v) is 5.69. The van der Waals surface area contributed by atoms with E-state index < -0.39 is 0 Å². The number of carbonyl (C=O) groups is 1. The van der Waals surface area contributed by atoms with E-state index in [1.54, 1.807) is 29.8 Å². The van der Waals surface area contributed by atoms with Crippen molar-refractivity contribution in [2.75, 3.05) is 13.7 Å².